The molecular weight excluding hydrogens is 648 g/mol. The van der Waals surface area contributed by atoms with Gasteiger partial charge in [-0.05, 0) is 57.3 Å². The summed E-state index contributed by atoms with van der Waals surface area (Å²) in [5.41, 5.74) is 0. The summed E-state index contributed by atoms with van der Waals surface area (Å²) in [4.78, 5) is 24.3. The molecule has 1 fully saturated rings. The normalized spacial score (nSPS) is 17.3. The fourth-order valence-electron chi connectivity index (χ4n) is 6.07. The number of allylic oxidation sites excluding steroid dienone is 8. The Morgan fingerprint density at radius 2 is 1.10 bits per heavy atom. The van der Waals surface area contributed by atoms with Crippen molar-refractivity contribution in [1.82, 2.24) is 0 Å². The third kappa shape index (κ3) is 31.1. The number of esters is 2. The van der Waals surface area contributed by atoms with E-state index >= 15 is 0 Å². The number of epoxide rings is 1. The molecule has 0 amide bonds. The maximum atomic E-state index is 12.2. The van der Waals surface area contributed by atoms with Crippen molar-refractivity contribution in [3.63, 3.8) is 0 Å². The lowest BCUT2D eigenvalue weighted by atomic mass is 9.99. The second-order valence-corrected chi connectivity index (χ2v) is 14.7. The molecule has 0 bridgehead atoms. The molecule has 0 radical (unpaired) electrons. The predicted octanol–water partition coefficient (Wildman–Crippen LogP) is 12.4. The quantitative estimate of drug-likeness (QED) is 0.0299. The van der Waals surface area contributed by atoms with Gasteiger partial charge in [-0.1, -0.05) is 178 Å². The number of hydrogen-bond donors (Lipinski definition) is 1. The molecule has 6 nitrogen and oxygen atoms in total. The summed E-state index contributed by atoms with van der Waals surface area (Å²) in [5.74, 6) is 0.204. The third-order valence-corrected chi connectivity index (χ3v) is 9.78. The first-order valence-corrected chi connectivity index (χ1v) is 21.4. The molecule has 6 heteroatoms. The molecule has 0 aromatic carbocycles. The van der Waals surface area contributed by atoms with Crippen LogP contribution in [0.15, 0.2) is 60.8 Å². The number of ether oxygens (including phenoxy) is 3. The number of rotatable bonds is 36. The molecule has 1 N–H and O–H groups in total. The van der Waals surface area contributed by atoms with E-state index in [1.807, 2.05) is 12.2 Å². The van der Waals surface area contributed by atoms with Gasteiger partial charge in [0, 0.05) is 12.8 Å². The van der Waals surface area contributed by atoms with Gasteiger partial charge in [0.05, 0.1) is 18.8 Å². The average molecular weight is 727 g/mol. The molecule has 1 rings (SSSR count). The topological polar surface area (TPSA) is 85.4 Å². The molecule has 4 atom stereocenters. The van der Waals surface area contributed by atoms with Crippen LogP contribution in [0.25, 0.3) is 0 Å². The molecule has 1 aliphatic rings. The van der Waals surface area contributed by atoms with Gasteiger partial charge in [-0.25, -0.2) is 0 Å². The molecule has 1 heterocycles. The number of aliphatic hydroxyl groups excluding tert-OH is 1. The molecule has 0 aromatic rings. The lowest BCUT2D eigenvalue weighted by Crippen LogP contribution is -2.28. The lowest BCUT2D eigenvalue weighted by molar-refractivity contribution is -0.161. The molecule has 298 valence electrons. The van der Waals surface area contributed by atoms with Crippen molar-refractivity contribution < 1.29 is 28.9 Å². The predicted molar refractivity (Wildman–Crippen MR) is 218 cm³/mol. The smallest absolute Gasteiger partial charge is 0.306 e. The Kier molecular flexibility index (Phi) is 32.6. The highest BCUT2D eigenvalue weighted by molar-refractivity contribution is 5.70. The van der Waals surface area contributed by atoms with Crippen LogP contribution in [0.5, 0.6) is 0 Å². The average Bonchev–Trinajstić information content (AvgIpc) is 3.90. The summed E-state index contributed by atoms with van der Waals surface area (Å²) in [6.45, 7) is 6.34. The number of hydrogen-bond acceptors (Lipinski definition) is 6. The van der Waals surface area contributed by atoms with Gasteiger partial charge in [0.15, 0.2) is 6.10 Å². The van der Waals surface area contributed by atoms with Crippen LogP contribution in [0.1, 0.15) is 181 Å². The molecule has 0 saturated carbocycles. The zero-order chi connectivity index (χ0) is 37.7. The van der Waals surface area contributed by atoms with Crippen LogP contribution < -0.4 is 0 Å². The second-order valence-electron chi connectivity index (χ2n) is 14.7. The molecule has 0 aromatic heterocycles. The fraction of sp³-hybridized carbons (Fsp3) is 0.739. The summed E-state index contributed by atoms with van der Waals surface area (Å²) in [6.07, 6.45) is 49.0. The van der Waals surface area contributed by atoms with Crippen molar-refractivity contribution in [2.75, 3.05) is 13.2 Å². The van der Waals surface area contributed by atoms with Crippen molar-refractivity contribution in [3.05, 3.63) is 60.8 Å². The van der Waals surface area contributed by atoms with Crippen LogP contribution in [0.3, 0.4) is 0 Å². The van der Waals surface area contributed by atoms with Gasteiger partial charge in [-0.3, -0.25) is 9.59 Å². The highest BCUT2D eigenvalue weighted by atomic mass is 16.6. The number of unbranched alkanes of at least 4 members (excludes halogenated alkanes) is 13. The minimum atomic E-state index is -0.816. The van der Waals surface area contributed by atoms with E-state index in [0.717, 1.165) is 63.7 Å². The van der Waals surface area contributed by atoms with Gasteiger partial charge in [-0.15, -0.1) is 0 Å². The van der Waals surface area contributed by atoms with E-state index < -0.39 is 12.1 Å². The summed E-state index contributed by atoms with van der Waals surface area (Å²) in [7, 11) is 0. The van der Waals surface area contributed by atoms with E-state index in [1.54, 1.807) is 0 Å². The van der Waals surface area contributed by atoms with Gasteiger partial charge in [0.2, 0.25) is 0 Å². The first kappa shape index (κ1) is 47.6. The first-order valence-electron chi connectivity index (χ1n) is 21.4. The van der Waals surface area contributed by atoms with Crippen molar-refractivity contribution >= 4 is 11.9 Å². The third-order valence-electron chi connectivity index (χ3n) is 9.78. The van der Waals surface area contributed by atoms with E-state index in [2.05, 4.69) is 69.4 Å². The van der Waals surface area contributed by atoms with Crippen LogP contribution >= 0.6 is 0 Å². The van der Waals surface area contributed by atoms with Crippen LogP contribution in [-0.2, 0) is 23.8 Å². The maximum Gasteiger partial charge on any atom is 0.306 e. The van der Waals surface area contributed by atoms with Crippen molar-refractivity contribution in [2.24, 2.45) is 5.92 Å². The van der Waals surface area contributed by atoms with Crippen molar-refractivity contribution in [1.29, 1.82) is 0 Å². The van der Waals surface area contributed by atoms with Crippen molar-refractivity contribution in [3.8, 4) is 0 Å². The Morgan fingerprint density at radius 3 is 1.62 bits per heavy atom. The van der Waals surface area contributed by atoms with Crippen LogP contribution in [-0.4, -0.2) is 48.6 Å². The zero-order valence-electron chi connectivity index (χ0n) is 33.7. The Hall–Kier alpha value is -2.44. The highest BCUT2D eigenvalue weighted by Gasteiger charge is 2.35. The summed E-state index contributed by atoms with van der Waals surface area (Å²) >= 11 is 0. The van der Waals surface area contributed by atoms with E-state index in [0.29, 0.717) is 25.0 Å². The van der Waals surface area contributed by atoms with E-state index in [-0.39, 0.29) is 25.6 Å². The number of aliphatic hydroxyl groups is 1. The van der Waals surface area contributed by atoms with E-state index in [4.69, 9.17) is 14.2 Å². The van der Waals surface area contributed by atoms with Gasteiger partial charge in [0.25, 0.3) is 0 Å². The fourth-order valence-corrected chi connectivity index (χ4v) is 6.07. The summed E-state index contributed by atoms with van der Waals surface area (Å²) in [6, 6.07) is 0. The van der Waals surface area contributed by atoms with Gasteiger partial charge in [-0.2, -0.15) is 0 Å². The largest absolute Gasteiger partial charge is 0.462 e. The standard InChI is InChI=1S/C46H78O6/c1-4-6-29-35-43-44(52-43)36-31-26-22-18-14-11-12-16-20-24-28-33-38-46(49)51-42(39-47)40-50-45(48)37-32-27-23-19-15-10-8-7-9-13-17-21-25-30-34-41(3)5-2/h6,12,14,16,18,24,26,28-29,31,41-44,47H,4-5,7-11,13,15,17,19-23,25,27,30,32-40H2,1-3H3/b16-12-,18-14-,28-24-,29-6-,31-26-/t41?,42-,43?,44?/m0/s1. The number of carbonyl (C=O) groups is 2. The van der Waals surface area contributed by atoms with Crippen LogP contribution in [0.4, 0.5) is 0 Å². The molecule has 3 unspecified atom stereocenters. The lowest BCUT2D eigenvalue weighted by Gasteiger charge is -2.15. The molecular formula is C46H78O6. The van der Waals surface area contributed by atoms with Crippen molar-refractivity contribution in [2.45, 2.75) is 200 Å². The molecule has 0 spiro atoms. The van der Waals surface area contributed by atoms with Gasteiger partial charge < -0.3 is 19.3 Å². The van der Waals surface area contributed by atoms with Gasteiger partial charge >= 0.3 is 11.9 Å². The summed E-state index contributed by atoms with van der Waals surface area (Å²) in [5, 5.41) is 9.57. The minimum Gasteiger partial charge on any atom is -0.462 e. The van der Waals surface area contributed by atoms with Crippen LogP contribution in [0, 0.1) is 5.92 Å². The zero-order valence-corrected chi connectivity index (χ0v) is 33.7. The maximum absolute atomic E-state index is 12.2. The Labute approximate surface area is 319 Å². The van der Waals surface area contributed by atoms with Crippen LogP contribution in [0.2, 0.25) is 0 Å². The highest BCUT2D eigenvalue weighted by Crippen LogP contribution is 2.29. The molecule has 1 aliphatic heterocycles. The van der Waals surface area contributed by atoms with E-state index in [9.17, 15) is 14.7 Å². The Balaban J connectivity index is 1.91. The Morgan fingerprint density at radius 1 is 0.615 bits per heavy atom. The monoisotopic (exact) mass is 727 g/mol. The summed E-state index contributed by atoms with van der Waals surface area (Å²) < 4.78 is 16.2. The van der Waals surface area contributed by atoms with Gasteiger partial charge in [0.1, 0.15) is 6.61 Å². The minimum absolute atomic E-state index is 0.0995. The molecule has 0 aliphatic carbocycles. The second kappa shape index (κ2) is 35.6. The molecule has 1 saturated heterocycles. The SMILES string of the molecule is CC/C=C\CC1OC1C/C=C\C/C=C\C/C=C\C/C=C\CCC(=O)O[C@@H](CO)COC(=O)CCCCCCCCCCCCCCCCC(C)CC. The molecule has 52 heavy (non-hydrogen) atoms. The van der Waals surface area contributed by atoms with E-state index in [1.165, 1.54) is 83.5 Å². The Bertz CT molecular complexity index is 995. The first-order chi connectivity index (χ1) is 25.5. The number of carbonyl (C=O) groups excluding carboxylic acids is 2.